The van der Waals surface area contributed by atoms with E-state index < -0.39 is 0 Å². The highest BCUT2D eigenvalue weighted by Gasteiger charge is 2.06. The largest absolute Gasteiger partial charge is 0.466 e. The van der Waals surface area contributed by atoms with Gasteiger partial charge in [-0.15, -0.1) is 0 Å². The van der Waals surface area contributed by atoms with Crippen molar-refractivity contribution in [1.82, 2.24) is 0 Å². The van der Waals surface area contributed by atoms with E-state index in [1.165, 1.54) is 103 Å². The maximum Gasteiger partial charge on any atom is 0.305 e. The minimum absolute atomic E-state index is 0.129. The van der Waals surface area contributed by atoms with Gasteiger partial charge in [-0.3, -0.25) is 9.59 Å². The molecule has 0 amide bonds. The van der Waals surface area contributed by atoms with Crippen LogP contribution in [0.4, 0.5) is 0 Å². The average molecular weight is 539 g/mol. The first-order valence-electron chi connectivity index (χ1n) is 16.7. The highest BCUT2D eigenvalue weighted by molar-refractivity contribution is 5.70. The fourth-order valence-electron chi connectivity index (χ4n) is 4.84. The van der Waals surface area contributed by atoms with Crippen LogP contribution in [0.15, 0.2) is 0 Å². The number of ether oxygens (including phenoxy) is 2. The van der Waals surface area contributed by atoms with Crippen molar-refractivity contribution in [3.8, 4) is 0 Å². The summed E-state index contributed by atoms with van der Waals surface area (Å²) in [7, 11) is 0. The zero-order valence-corrected chi connectivity index (χ0v) is 26.2. The zero-order valence-electron chi connectivity index (χ0n) is 26.2. The summed E-state index contributed by atoms with van der Waals surface area (Å²) < 4.78 is 10.7. The van der Waals surface area contributed by atoms with Crippen molar-refractivity contribution < 1.29 is 19.1 Å². The van der Waals surface area contributed by atoms with Crippen molar-refractivity contribution in [2.24, 2.45) is 11.8 Å². The van der Waals surface area contributed by atoms with Crippen molar-refractivity contribution >= 4 is 11.9 Å². The fourth-order valence-corrected chi connectivity index (χ4v) is 4.84. The van der Waals surface area contributed by atoms with Crippen molar-refractivity contribution in [3.63, 3.8) is 0 Å². The minimum Gasteiger partial charge on any atom is -0.466 e. The molecule has 0 saturated heterocycles. The summed E-state index contributed by atoms with van der Waals surface area (Å²) in [5.74, 6) is 1.42. The van der Waals surface area contributed by atoms with Gasteiger partial charge in [0.25, 0.3) is 0 Å². The van der Waals surface area contributed by atoms with Crippen LogP contribution in [-0.4, -0.2) is 25.2 Å². The second-order valence-corrected chi connectivity index (χ2v) is 12.4. The zero-order chi connectivity index (χ0) is 28.1. The Hall–Kier alpha value is -1.06. The molecule has 0 fully saturated rings. The molecule has 0 aromatic heterocycles. The molecule has 0 radical (unpaired) electrons. The van der Waals surface area contributed by atoms with Gasteiger partial charge in [-0.25, -0.2) is 0 Å². The average Bonchev–Trinajstić information content (AvgIpc) is 2.87. The molecular formula is C34H66O4. The molecule has 0 aromatic rings. The van der Waals surface area contributed by atoms with Crippen LogP contribution in [0, 0.1) is 11.8 Å². The standard InChI is InChI=1S/C34H66O4/c1-31(2)25-19-15-11-7-5-9-13-17-23-29-37-33(35)27-21-22-28-34(36)38-30-24-18-14-10-6-8-12-16-20-26-32(3)4/h31-32H,5-30H2,1-4H3. The number of rotatable bonds is 29. The molecule has 0 rings (SSSR count). The number of carbonyl (C=O) groups is 2. The second-order valence-electron chi connectivity index (χ2n) is 12.4. The number of hydrogen-bond donors (Lipinski definition) is 0. The van der Waals surface area contributed by atoms with Gasteiger partial charge >= 0.3 is 11.9 Å². The molecule has 4 nitrogen and oxygen atoms in total. The normalized spacial score (nSPS) is 11.4. The van der Waals surface area contributed by atoms with Crippen molar-refractivity contribution in [2.45, 2.75) is 182 Å². The fraction of sp³-hybridized carbons (Fsp3) is 0.941. The number of unbranched alkanes of at least 4 members (excludes halogenated alkanes) is 17. The van der Waals surface area contributed by atoms with Gasteiger partial charge in [0.2, 0.25) is 0 Å². The van der Waals surface area contributed by atoms with E-state index >= 15 is 0 Å². The Labute approximate surface area is 237 Å². The van der Waals surface area contributed by atoms with Gasteiger partial charge < -0.3 is 9.47 Å². The van der Waals surface area contributed by atoms with Crippen LogP contribution in [0.25, 0.3) is 0 Å². The van der Waals surface area contributed by atoms with E-state index in [1.807, 2.05) is 0 Å². The van der Waals surface area contributed by atoms with Crippen LogP contribution in [0.2, 0.25) is 0 Å². The molecule has 0 aliphatic heterocycles. The van der Waals surface area contributed by atoms with Gasteiger partial charge in [0.1, 0.15) is 0 Å². The van der Waals surface area contributed by atoms with Crippen LogP contribution in [-0.2, 0) is 19.1 Å². The summed E-state index contributed by atoms with van der Waals surface area (Å²) in [5, 5.41) is 0. The highest BCUT2D eigenvalue weighted by atomic mass is 16.5. The van der Waals surface area contributed by atoms with Crippen LogP contribution in [0.5, 0.6) is 0 Å². The van der Waals surface area contributed by atoms with Gasteiger partial charge in [-0.05, 0) is 37.5 Å². The molecule has 0 bridgehead atoms. The molecule has 0 atom stereocenters. The summed E-state index contributed by atoms with van der Waals surface area (Å²) in [4.78, 5) is 23.7. The Morgan fingerprint density at radius 1 is 0.395 bits per heavy atom. The van der Waals surface area contributed by atoms with Gasteiger partial charge in [-0.1, -0.05) is 143 Å². The first-order valence-corrected chi connectivity index (χ1v) is 16.7. The molecule has 226 valence electrons. The van der Waals surface area contributed by atoms with Crippen LogP contribution in [0.3, 0.4) is 0 Å². The van der Waals surface area contributed by atoms with Gasteiger partial charge in [0.05, 0.1) is 13.2 Å². The number of esters is 2. The highest BCUT2D eigenvalue weighted by Crippen LogP contribution is 2.14. The lowest BCUT2D eigenvalue weighted by Crippen LogP contribution is -2.08. The van der Waals surface area contributed by atoms with E-state index in [0.717, 1.165) is 37.5 Å². The molecule has 0 heterocycles. The minimum atomic E-state index is -0.129. The van der Waals surface area contributed by atoms with Gasteiger partial charge in [0.15, 0.2) is 0 Å². The Morgan fingerprint density at radius 2 is 0.658 bits per heavy atom. The van der Waals surface area contributed by atoms with Gasteiger partial charge in [0, 0.05) is 12.8 Å². The van der Waals surface area contributed by atoms with Crippen molar-refractivity contribution in [3.05, 3.63) is 0 Å². The lowest BCUT2D eigenvalue weighted by Gasteiger charge is -2.07. The summed E-state index contributed by atoms with van der Waals surface area (Å²) in [6, 6.07) is 0. The monoisotopic (exact) mass is 538 g/mol. The van der Waals surface area contributed by atoms with Crippen LogP contribution in [0.1, 0.15) is 182 Å². The van der Waals surface area contributed by atoms with Crippen LogP contribution < -0.4 is 0 Å². The Bertz CT molecular complexity index is 469. The molecule has 0 aliphatic carbocycles. The maximum atomic E-state index is 11.9. The van der Waals surface area contributed by atoms with E-state index in [1.54, 1.807) is 0 Å². The summed E-state index contributed by atoms with van der Waals surface area (Å²) in [6.45, 7) is 10.3. The first-order chi connectivity index (χ1) is 18.4. The predicted octanol–water partition coefficient (Wildman–Crippen LogP) is 10.7. The molecule has 38 heavy (non-hydrogen) atoms. The number of carbonyl (C=O) groups excluding carboxylic acids is 2. The summed E-state index contributed by atoms with van der Waals surface area (Å²) >= 11 is 0. The van der Waals surface area contributed by atoms with Crippen molar-refractivity contribution in [1.29, 1.82) is 0 Å². The van der Waals surface area contributed by atoms with E-state index in [9.17, 15) is 9.59 Å². The molecule has 0 unspecified atom stereocenters. The lowest BCUT2D eigenvalue weighted by molar-refractivity contribution is -0.146. The van der Waals surface area contributed by atoms with Gasteiger partial charge in [-0.2, -0.15) is 0 Å². The molecule has 4 heteroatoms. The second kappa shape index (κ2) is 28.9. The first kappa shape index (κ1) is 36.9. The predicted molar refractivity (Wildman–Crippen MR) is 162 cm³/mol. The molecular weight excluding hydrogens is 472 g/mol. The molecule has 0 aliphatic rings. The quantitative estimate of drug-likeness (QED) is 0.0702. The van der Waals surface area contributed by atoms with E-state index in [-0.39, 0.29) is 11.9 Å². The number of hydrogen-bond acceptors (Lipinski definition) is 4. The SMILES string of the molecule is CC(C)CCCCCCCCCCCOC(=O)CCCCC(=O)OCCCCCCCCCCCC(C)C. The maximum absolute atomic E-state index is 11.9. The smallest absolute Gasteiger partial charge is 0.305 e. The summed E-state index contributed by atoms with van der Waals surface area (Å²) in [5.41, 5.74) is 0. The Kier molecular flexibility index (Phi) is 28.1. The third kappa shape index (κ3) is 31.2. The Balaban J connectivity index is 3.29. The molecule has 0 aromatic carbocycles. The molecule has 0 N–H and O–H groups in total. The van der Waals surface area contributed by atoms with Crippen molar-refractivity contribution in [2.75, 3.05) is 13.2 Å². The summed E-state index contributed by atoms with van der Waals surface area (Å²) in [6.07, 6.45) is 27.9. The Morgan fingerprint density at radius 3 is 0.947 bits per heavy atom. The molecule has 0 spiro atoms. The topological polar surface area (TPSA) is 52.6 Å². The van der Waals surface area contributed by atoms with E-state index in [4.69, 9.17) is 9.47 Å². The third-order valence-corrected chi connectivity index (χ3v) is 7.39. The lowest BCUT2D eigenvalue weighted by atomic mass is 10.0. The van der Waals surface area contributed by atoms with E-state index in [0.29, 0.717) is 38.9 Å². The third-order valence-electron chi connectivity index (χ3n) is 7.39. The van der Waals surface area contributed by atoms with Crippen LogP contribution >= 0.6 is 0 Å². The van der Waals surface area contributed by atoms with E-state index in [2.05, 4.69) is 27.7 Å². The molecule has 0 saturated carbocycles.